The molecular formula is C12H18N2O4S. The number of sulfonamides is 1. The third-order valence-electron chi connectivity index (χ3n) is 2.26. The molecule has 0 radical (unpaired) electrons. The average molecular weight is 286 g/mol. The van der Waals surface area contributed by atoms with Crippen molar-refractivity contribution in [2.24, 2.45) is 0 Å². The summed E-state index contributed by atoms with van der Waals surface area (Å²) >= 11 is 0. The topological polar surface area (TPSA) is 84.5 Å². The minimum absolute atomic E-state index is 0.0501. The fraction of sp³-hybridized carbons (Fsp3) is 0.417. The number of rotatable bonds is 6. The Morgan fingerprint density at radius 2 is 2.05 bits per heavy atom. The van der Waals surface area contributed by atoms with Gasteiger partial charge in [-0.15, -0.1) is 0 Å². The Labute approximate surface area is 113 Å². The van der Waals surface area contributed by atoms with Crippen LogP contribution in [0.5, 0.6) is 5.75 Å². The number of carbonyl (C=O) groups excluding carboxylic acids is 1. The Bertz CT molecular complexity index is 555. The number of amides is 1. The Kier molecular flexibility index (Phi) is 5.17. The summed E-state index contributed by atoms with van der Waals surface area (Å²) in [4.78, 5) is 11.1. The van der Waals surface area contributed by atoms with Crippen LogP contribution in [-0.4, -0.2) is 27.2 Å². The van der Waals surface area contributed by atoms with Gasteiger partial charge in [0.25, 0.3) is 0 Å². The SMILES string of the molecule is CCCS(=O)(=O)Nc1ccc(OC)c(NC(C)=O)c1. The summed E-state index contributed by atoms with van der Waals surface area (Å²) in [6, 6.07) is 4.69. The van der Waals surface area contributed by atoms with E-state index in [1.807, 2.05) is 0 Å². The van der Waals surface area contributed by atoms with Crippen molar-refractivity contribution in [1.29, 1.82) is 0 Å². The molecule has 6 nitrogen and oxygen atoms in total. The van der Waals surface area contributed by atoms with E-state index in [1.54, 1.807) is 19.1 Å². The number of anilines is 2. The zero-order chi connectivity index (χ0) is 14.5. The number of ether oxygens (including phenoxy) is 1. The predicted octanol–water partition coefficient (Wildman–Crippen LogP) is 1.81. The van der Waals surface area contributed by atoms with Gasteiger partial charge in [0.15, 0.2) is 0 Å². The Morgan fingerprint density at radius 3 is 2.58 bits per heavy atom. The maximum absolute atomic E-state index is 11.7. The van der Waals surface area contributed by atoms with E-state index in [0.29, 0.717) is 23.5 Å². The lowest BCUT2D eigenvalue weighted by Gasteiger charge is -2.12. The smallest absolute Gasteiger partial charge is 0.232 e. The zero-order valence-corrected chi connectivity index (χ0v) is 12.0. The molecule has 0 spiro atoms. The van der Waals surface area contributed by atoms with E-state index < -0.39 is 10.0 Å². The van der Waals surface area contributed by atoms with Crippen molar-refractivity contribution >= 4 is 27.3 Å². The molecule has 106 valence electrons. The van der Waals surface area contributed by atoms with Crippen molar-refractivity contribution in [3.05, 3.63) is 18.2 Å². The lowest BCUT2D eigenvalue weighted by atomic mass is 10.2. The van der Waals surface area contributed by atoms with Crippen LogP contribution in [0.1, 0.15) is 20.3 Å². The predicted molar refractivity (Wildman–Crippen MR) is 75.0 cm³/mol. The van der Waals surface area contributed by atoms with Gasteiger partial charge in [-0.05, 0) is 24.6 Å². The van der Waals surface area contributed by atoms with Crippen molar-refractivity contribution in [3.8, 4) is 5.75 Å². The molecule has 1 rings (SSSR count). The van der Waals surface area contributed by atoms with E-state index in [0.717, 1.165) is 0 Å². The molecule has 1 aromatic rings. The van der Waals surface area contributed by atoms with Crippen LogP contribution >= 0.6 is 0 Å². The number of methoxy groups -OCH3 is 1. The van der Waals surface area contributed by atoms with Gasteiger partial charge >= 0.3 is 0 Å². The van der Waals surface area contributed by atoms with Crippen LogP contribution in [-0.2, 0) is 14.8 Å². The second kappa shape index (κ2) is 6.42. The normalized spacial score (nSPS) is 10.9. The van der Waals surface area contributed by atoms with E-state index in [9.17, 15) is 13.2 Å². The molecule has 0 aliphatic heterocycles. The van der Waals surface area contributed by atoms with Crippen molar-refractivity contribution in [2.45, 2.75) is 20.3 Å². The number of benzene rings is 1. The third-order valence-corrected chi connectivity index (χ3v) is 3.75. The molecular weight excluding hydrogens is 268 g/mol. The maximum atomic E-state index is 11.7. The number of hydrogen-bond acceptors (Lipinski definition) is 4. The average Bonchev–Trinajstić information content (AvgIpc) is 2.27. The van der Waals surface area contributed by atoms with Crippen molar-refractivity contribution in [1.82, 2.24) is 0 Å². The minimum atomic E-state index is -3.35. The molecule has 19 heavy (non-hydrogen) atoms. The highest BCUT2D eigenvalue weighted by Crippen LogP contribution is 2.28. The summed E-state index contributed by atoms with van der Waals surface area (Å²) in [5, 5.41) is 2.58. The van der Waals surface area contributed by atoms with Gasteiger partial charge in [-0.25, -0.2) is 8.42 Å². The standard InChI is InChI=1S/C12H18N2O4S/c1-4-7-19(16,17)14-10-5-6-12(18-3)11(8-10)13-9(2)15/h5-6,8,14H,4,7H2,1-3H3,(H,13,15). The molecule has 0 atom stereocenters. The zero-order valence-electron chi connectivity index (χ0n) is 11.2. The second-order valence-corrected chi connectivity index (χ2v) is 5.86. The summed E-state index contributed by atoms with van der Waals surface area (Å²) in [6.07, 6.45) is 0.532. The van der Waals surface area contributed by atoms with Crippen molar-refractivity contribution in [3.63, 3.8) is 0 Å². The highest BCUT2D eigenvalue weighted by atomic mass is 32.2. The van der Waals surface area contributed by atoms with E-state index >= 15 is 0 Å². The van der Waals surface area contributed by atoms with Gasteiger partial charge < -0.3 is 10.1 Å². The first-order valence-corrected chi connectivity index (χ1v) is 7.49. The van der Waals surface area contributed by atoms with E-state index in [4.69, 9.17) is 4.74 Å². The summed E-state index contributed by atoms with van der Waals surface area (Å²) in [7, 11) is -1.88. The maximum Gasteiger partial charge on any atom is 0.232 e. The first-order chi connectivity index (χ1) is 8.88. The highest BCUT2D eigenvalue weighted by molar-refractivity contribution is 7.92. The molecule has 7 heteroatoms. The summed E-state index contributed by atoms with van der Waals surface area (Å²) in [6.45, 7) is 3.16. The first-order valence-electron chi connectivity index (χ1n) is 5.84. The van der Waals surface area contributed by atoms with E-state index in [1.165, 1.54) is 20.1 Å². The Balaban J connectivity index is 3.01. The highest BCUT2D eigenvalue weighted by Gasteiger charge is 2.11. The fourth-order valence-electron chi connectivity index (χ4n) is 1.56. The second-order valence-electron chi connectivity index (χ2n) is 4.02. The van der Waals surface area contributed by atoms with E-state index in [-0.39, 0.29) is 11.7 Å². The quantitative estimate of drug-likeness (QED) is 0.835. The minimum Gasteiger partial charge on any atom is -0.495 e. The van der Waals surface area contributed by atoms with Crippen LogP contribution in [0.2, 0.25) is 0 Å². The van der Waals surface area contributed by atoms with E-state index in [2.05, 4.69) is 10.0 Å². The molecule has 2 N–H and O–H groups in total. The summed E-state index contributed by atoms with van der Waals surface area (Å²) in [5.74, 6) is 0.259. The molecule has 0 bridgehead atoms. The molecule has 1 amide bonds. The molecule has 0 aliphatic rings. The van der Waals surface area contributed by atoms with Crippen molar-refractivity contribution in [2.75, 3.05) is 22.9 Å². The molecule has 0 aliphatic carbocycles. The summed E-state index contributed by atoms with van der Waals surface area (Å²) in [5.41, 5.74) is 0.810. The molecule has 1 aromatic carbocycles. The molecule has 0 saturated heterocycles. The molecule has 0 heterocycles. The van der Waals surface area contributed by atoms with Gasteiger partial charge in [-0.1, -0.05) is 6.92 Å². The van der Waals surface area contributed by atoms with Crippen LogP contribution in [0.25, 0.3) is 0 Å². The number of carbonyl (C=O) groups is 1. The van der Waals surface area contributed by atoms with Gasteiger partial charge in [0.2, 0.25) is 15.9 Å². The number of nitrogens with one attached hydrogen (secondary N) is 2. The Morgan fingerprint density at radius 1 is 1.37 bits per heavy atom. The van der Waals surface area contributed by atoms with Crippen LogP contribution in [0.4, 0.5) is 11.4 Å². The lowest BCUT2D eigenvalue weighted by molar-refractivity contribution is -0.114. The van der Waals surface area contributed by atoms with Gasteiger partial charge in [-0.3, -0.25) is 9.52 Å². The van der Waals surface area contributed by atoms with Crippen LogP contribution in [0, 0.1) is 0 Å². The van der Waals surface area contributed by atoms with Gasteiger partial charge in [0.05, 0.1) is 24.2 Å². The molecule has 0 aromatic heterocycles. The van der Waals surface area contributed by atoms with Gasteiger partial charge in [-0.2, -0.15) is 0 Å². The van der Waals surface area contributed by atoms with Crippen molar-refractivity contribution < 1.29 is 17.9 Å². The third kappa shape index (κ3) is 4.78. The molecule has 0 fully saturated rings. The largest absolute Gasteiger partial charge is 0.495 e. The monoisotopic (exact) mass is 286 g/mol. The van der Waals surface area contributed by atoms with Crippen LogP contribution in [0.3, 0.4) is 0 Å². The summed E-state index contributed by atoms with van der Waals surface area (Å²) < 4.78 is 30.9. The fourth-order valence-corrected chi connectivity index (χ4v) is 2.68. The molecule has 0 unspecified atom stereocenters. The van der Waals surface area contributed by atoms with Crippen LogP contribution in [0.15, 0.2) is 18.2 Å². The van der Waals surface area contributed by atoms with Crippen LogP contribution < -0.4 is 14.8 Å². The van der Waals surface area contributed by atoms with Gasteiger partial charge in [0.1, 0.15) is 5.75 Å². The molecule has 0 saturated carbocycles. The number of hydrogen-bond donors (Lipinski definition) is 2. The Hall–Kier alpha value is -1.76. The lowest BCUT2D eigenvalue weighted by Crippen LogP contribution is -2.16. The first kappa shape index (κ1) is 15.3. The van der Waals surface area contributed by atoms with Gasteiger partial charge in [0, 0.05) is 6.92 Å².